The molecule has 1 saturated carbocycles. The smallest absolute Gasteiger partial charge is 0.261 e. The van der Waals surface area contributed by atoms with Crippen molar-refractivity contribution in [3.63, 3.8) is 0 Å². The number of hydrogen-bond donors (Lipinski definition) is 1. The summed E-state index contributed by atoms with van der Waals surface area (Å²) < 4.78 is 25.4. The lowest BCUT2D eigenvalue weighted by atomic mass is 9.82. The topological polar surface area (TPSA) is 29.1 Å². The van der Waals surface area contributed by atoms with E-state index < -0.39 is 12.0 Å². The third-order valence-electron chi connectivity index (χ3n) is 2.59. The molecule has 2 nitrogen and oxygen atoms in total. The van der Waals surface area contributed by atoms with Gasteiger partial charge in [-0.25, -0.2) is 8.78 Å². The second-order valence-corrected chi connectivity index (χ2v) is 3.70. The molecule has 1 N–H and O–H groups in total. The maximum Gasteiger partial charge on any atom is 0.261 e. The lowest BCUT2D eigenvalue weighted by Gasteiger charge is -2.36. The molecule has 0 aliphatic heterocycles. The van der Waals surface area contributed by atoms with Gasteiger partial charge in [0.05, 0.1) is 0 Å². The van der Waals surface area contributed by atoms with E-state index in [1.807, 2.05) is 0 Å². The fraction of sp³-hybridized carbons (Fsp3) is 0.889. The van der Waals surface area contributed by atoms with E-state index in [1.54, 1.807) is 0 Å². The van der Waals surface area contributed by atoms with Crippen LogP contribution >= 0.6 is 0 Å². The van der Waals surface area contributed by atoms with Crippen molar-refractivity contribution in [2.24, 2.45) is 0 Å². The summed E-state index contributed by atoms with van der Waals surface area (Å²) in [7, 11) is 0. The van der Waals surface area contributed by atoms with Gasteiger partial charge in [0.2, 0.25) is 5.91 Å². The van der Waals surface area contributed by atoms with Crippen LogP contribution in [0.25, 0.3) is 0 Å². The molecule has 0 spiro atoms. The Morgan fingerprint density at radius 1 is 1.31 bits per heavy atom. The molecule has 0 heterocycles. The Morgan fingerprint density at radius 2 is 1.85 bits per heavy atom. The van der Waals surface area contributed by atoms with Crippen molar-refractivity contribution in [1.82, 2.24) is 5.32 Å². The Bertz CT molecular complexity index is 188. The fourth-order valence-electron chi connectivity index (χ4n) is 1.93. The third-order valence-corrected chi connectivity index (χ3v) is 2.59. The van der Waals surface area contributed by atoms with Gasteiger partial charge in [0.1, 0.15) is 5.54 Å². The number of hydrogen-bond acceptors (Lipinski definition) is 1. The van der Waals surface area contributed by atoms with Crippen molar-refractivity contribution in [2.75, 3.05) is 0 Å². The van der Waals surface area contributed by atoms with Crippen LogP contribution in [-0.2, 0) is 4.79 Å². The fourth-order valence-corrected chi connectivity index (χ4v) is 1.93. The molecule has 0 radical (unpaired) electrons. The molecule has 0 aromatic rings. The summed E-state index contributed by atoms with van der Waals surface area (Å²) in [5.74, 6) is -0.359. The molecule has 4 heteroatoms. The zero-order chi connectivity index (χ0) is 9.90. The van der Waals surface area contributed by atoms with Crippen molar-refractivity contribution in [1.29, 1.82) is 0 Å². The highest BCUT2D eigenvalue weighted by Gasteiger charge is 2.41. The van der Waals surface area contributed by atoms with Gasteiger partial charge in [0.25, 0.3) is 6.43 Å². The summed E-state index contributed by atoms with van der Waals surface area (Å²) in [6.45, 7) is 1.29. The summed E-state index contributed by atoms with van der Waals surface area (Å²) in [5, 5.41) is 2.41. The van der Waals surface area contributed by atoms with Crippen molar-refractivity contribution in [3.05, 3.63) is 0 Å². The van der Waals surface area contributed by atoms with Gasteiger partial charge in [0, 0.05) is 6.92 Å². The Labute approximate surface area is 76.7 Å². The standard InChI is InChI=1S/C9H15F2NO/c1-7(13)12-9(8(10)11)5-3-2-4-6-9/h8H,2-6H2,1H3,(H,12,13). The average Bonchev–Trinajstić information content (AvgIpc) is 2.04. The Balaban J connectivity index is 2.67. The molecular weight excluding hydrogens is 176 g/mol. The first-order chi connectivity index (χ1) is 6.07. The molecule has 0 atom stereocenters. The van der Waals surface area contributed by atoms with Crippen LogP contribution in [-0.4, -0.2) is 17.9 Å². The molecular formula is C9H15F2NO. The number of halogens is 2. The summed E-state index contributed by atoms with van der Waals surface area (Å²) in [6, 6.07) is 0. The molecule has 0 unspecified atom stereocenters. The van der Waals surface area contributed by atoms with Crippen LogP contribution in [0.5, 0.6) is 0 Å². The van der Waals surface area contributed by atoms with Crippen LogP contribution in [0.15, 0.2) is 0 Å². The molecule has 0 bridgehead atoms. The normalized spacial score (nSPS) is 21.5. The zero-order valence-electron chi connectivity index (χ0n) is 7.78. The number of rotatable bonds is 2. The summed E-state index contributed by atoms with van der Waals surface area (Å²) in [6.07, 6.45) is 0.925. The number of carbonyl (C=O) groups is 1. The maximum atomic E-state index is 12.7. The van der Waals surface area contributed by atoms with E-state index in [2.05, 4.69) is 5.32 Å². The molecule has 1 rings (SSSR count). The largest absolute Gasteiger partial charge is 0.345 e. The SMILES string of the molecule is CC(=O)NC1(C(F)F)CCCCC1. The Kier molecular flexibility index (Phi) is 3.22. The van der Waals surface area contributed by atoms with Crippen LogP contribution in [0.1, 0.15) is 39.0 Å². The van der Waals surface area contributed by atoms with Gasteiger partial charge >= 0.3 is 0 Å². The van der Waals surface area contributed by atoms with Crippen LogP contribution in [0, 0.1) is 0 Å². The highest BCUT2D eigenvalue weighted by Crippen LogP contribution is 2.33. The van der Waals surface area contributed by atoms with E-state index in [0.29, 0.717) is 12.8 Å². The number of alkyl halides is 2. The first-order valence-corrected chi connectivity index (χ1v) is 4.64. The van der Waals surface area contributed by atoms with Crippen LogP contribution in [0.4, 0.5) is 8.78 Å². The van der Waals surface area contributed by atoms with Gasteiger partial charge in [0.15, 0.2) is 0 Å². The maximum absolute atomic E-state index is 12.7. The Hall–Kier alpha value is -0.670. The van der Waals surface area contributed by atoms with Gasteiger partial charge in [-0.1, -0.05) is 19.3 Å². The number of carbonyl (C=O) groups excluding carboxylic acids is 1. The second-order valence-electron chi connectivity index (χ2n) is 3.70. The molecule has 0 aromatic carbocycles. The van der Waals surface area contributed by atoms with Crippen LogP contribution in [0.3, 0.4) is 0 Å². The van der Waals surface area contributed by atoms with Gasteiger partial charge in [-0.15, -0.1) is 0 Å². The van der Waals surface area contributed by atoms with E-state index in [4.69, 9.17) is 0 Å². The highest BCUT2D eigenvalue weighted by molar-refractivity contribution is 5.73. The van der Waals surface area contributed by atoms with Crippen LogP contribution in [0.2, 0.25) is 0 Å². The second kappa shape index (κ2) is 4.03. The number of amides is 1. The monoisotopic (exact) mass is 191 g/mol. The van der Waals surface area contributed by atoms with Gasteiger partial charge in [-0.2, -0.15) is 0 Å². The van der Waals surface area contributed by atoms with Crippen molar-refractivity contribution < 1.29 is 13.6 Å². The van der Waals surface area contributed by atoms with Crippen molar-refractivity contribution in [2.45, 2.75) is 51.0 Å². The molecule has 1 aliphatic rings. The van der Waals surface area contributed by atoms with Gasteiger partial charge < -0.3 is 5.32 Å². The number of nitrogens with one attached hydrogen (secondary N) is 1. The minimum absolute atomic E-state index is 0.359. The van der Waals surface area contributed by atoms with E-state index in [1.165, 1.54) is 6.92 Å². The molecule has 1 aliphatic carbocycles. The summed E-state index contributed by atoms with van der Waals surface area (Å²) in [5.41, 5.74) is -1.23. The van der Waals surface area contributed by atoms with Crippen molar-refractivity contribution in [3.8, 4) is 0 Å². The minimum atomic E-state index is -2.45. The quantitative estimate of drug-likeness (QED) is 0.711. The van der Waals surface area contributed by atoms with Gasteiger partial charge in [-0.3, -0.25) is 4.79 Å². The van der Waals surface area contributed by atoms with E-state index in [0.717, 1.165) is 19.3 Å². The van der Waals surface area contributed by atoms with E-state index in [-0.39, 0.29) is 5.91 Å². The molecule has 0 saturated heterocycles. The third kappa shape index (κ3) is 2.39. The molecule has 13 heavy (non-hydrogen) atoms. The molecule has 0 aromatic heterocycles. The molecule has 1 fully saturated rings. The predicted octanol–water partition coefficient (Wildman–Crippen LogP) is 2.09. The lowest BCUT2D eigenvalue weighted by Crippen LogP contribution is -2.54. The lowest BCUT2D eigenvalue weighted by molar-refractivity contribution is -0.124. The Morgan fingerprint density at radius 3 is 2.23 bits per heavy atom. The zero-order valence-corrected chi connectivity index (χ0v) is 7.78. The van der Waals surface area contributed by atoms with Gasteiger partial charge in [-0.05, 0) is 12.8 Å². The highest BCUT2D eigenvalue weighted by atomic mass is 19.3. The first-order valence-electron chi connectivity index (χ1n) is 4.64. The summed E-state index contributed by atoms with van der Waals surface area (Å²) in [4.78, 5) is 10.8. The van der Waals surface area contributed by atoms with Crippen LogP contribution < -0.4 is 5.32 Å². The van der Waals surface area contributed by atoms with E-state index in [9.17, 15) is 13.6 Å². The summed E-state index contributed by atoms with van der Waals surface area (Å²) >= 11 is 0. The van der Waals surface area contributed by atoms with E-state index >= 15 is 0 Å². The van der Waals surface area contributed by atoms with Crippen molar-refractivity contribution >= 4 is 5.91 Å². The molecule has 76 valence electrons. The predicted molar refractivity (Wildman–Crippen MR) is 45.6 cm³/mol. The average molecular weight is 191 g/mol. The molecule has 1 amide bonds. The minimum Gasteiger partial charge on any atom is -0.345 e. The first kappa shape index (κ1) is 10.4.